The lowest BCUT2D eigenvalue weighted by Crippen LogP contribution is -2.51. The van der Waals surface area contributed by atoms with E-state index in [2.05, 4.69) is 5.10 Å². The number of piperidine rings is 1. The van der Waals surface area contributed by atoms with E-state index in [0.29, 0.717) is 24.1 Å². The highest BCUT2D eigenvalue weighted by atomic mass is 32.2. The van der Waals surface area contributed by atoms with Crippen molar-refractivity contribution in [2.45, 2.75) is 55.9 Å². The van der Waals surface area contributed by atoms with Gasteiger partial charge in [0.15, 0.2) is 0 Å². The van der Waals surface area contributed by atoms with Crippen molar-refractivity contribution in [3.63, 3.8) is 0 Å². The van der Waals surface area contributed by atoms with Crippen LogP contribution < -0.4 is 5.73 Å². The highest BCUT2D eigenvalue weighted by Gasteiger charge is 2.36. The molecule has 1 fully saturated rings. The molecule has 1 aliphatic rings. The maximum Gasteiger partial charge on any atom is 0.408 e. The van der Waals surface area contributed by atoms with Crippen LogP contribution in [0.15, 0.2) is 17.3 Å². The van der Waals surface area contributed by atoms with Crippen LogP contribution in [0, 0.1) is 0 Å². The van der Waals surface area contributed by atoms with Gasteiger partial charge in [0.25, 0.3) is 0 Å². The Bertz CT molecular complexity index is 612. The fraction of sp³-hybridized carbons (Fsp3) is 0.750. The van der Waals surface area contributed by atoms with Crippen molar-refractivity contribution in [3.8, 4) is 0 Å². The lowest BCUT2D eigenvalue weighted by Gasteiger charge is -2.36. The first-order chi connectivity index (χ1) is 10.1. The quantitative estimate of drug-likeness (QED) is 0.897. The molecule has 0 spiro atoms. The van der Waals surface area contributed by atoms with E-state index in [-0.39, 0.29) is 17.0 Å². The van der Waals surface area contributed by atoms with Gasteiger partial charge in [-0.3, -0.25) is 4.68 Å². The average molecular weight is 340 g/mol. The predicted molar refractivity (Wildman–Crippen MR) is 73.5 cm³/mol. The topological polar surface area (TPSA) is 81.2 Å². The van der Waals surface area contributed by atoms with Gasteiger partial charge in [-0.25, -0.2) is 8.42 Å². The molecule has 2 unspecified atom stereocenters. The molecule has 6 nitrogen and oxygen atoms in total. The van der Waals surface area contributed by atoms with Crippen molar-refractivity contribution in [2.75, 3.05) is 6.54 Å². The zero-order valence-corrected chi connectivity index (χ0v) is 12.9. The molecule has 1 saturated heterocycles. The zero-order chi connectivity index (χ0) is 16.5. The molecule has 1 aliphatic heterocycles. The van der Waals surface area contributed by atoms with Crippen LogP contribution in [0.3, 0.4) is 0 Å². The van der Waals surface area contributed by atoms with Gasteiger partial charge in [-0.05, 0) is 19.8 Å². The normalized spacial score (nSPS) is 22.7. The summed E-state index contributed by atoms with van der Waals surface area (Å²) in [6, 6.07) is -0.690. The van der Waals surface area contributed by atoms with Crippen LogP contribution in [0.1, 0.15) is 26.2 Å². The Kier molecular flexibility index (Phi) is 4.83. The van der Waals surface area contributed by atoms with Crippen LogP contribution in [-0.2, 0) is 16.6 Å². The number of aromatic nitrogens is 2. The molecule has 0 aromatic carbocycles. The molecule has 1 aromatic rings. The fourth-order valence-electron chi connectivity index (χ4n) is 2.64. The summed E-state index contributed by atoms with van der Waals surface area (Å²) in [5.41, 5.74) is 5.85. The van der Waals surface area contributed by atoms with Gasteiger partial charge in [0.2, 0.25) is 10.0 Å². The van der Waals surface area contributed by atoms with Crippen LogP contribution in [0.5, 0.6) is 0 Å². The summed E-state index contributed by atoms with van der Waals surface area (Å²) in [5.74, 6) is 0. The van der Waals surface area contributed by atoms with Crippen LogP contribution in [0.4, 0.5) is 13.2 Å². The molecule has 0 bridgehead atoms. The van der Waals surface area contributed by atoms with Crippen molar-refractivity contribution in [3.05, 3.63) is 12.4 Å². The number of nitrogens with two attached hydrogens (primary N) is 1. The summed E-state index contributed by atoms with van der Waals surface area (Å²) >= 11 is 0. The Morgan fingerprint density at radius 1 is 1.45 bits per heavy atom. The van der Waals surface area contributed by atoms with Crippen LogP contribution in [0.25, 0.3) is 0 Å². The van der Waals surface area contributed by atoms with Crippen LogP contribution >= 0.6 is 0 Å². The Hall–Kier alpha value is -1.13. The molecule has 10 heteroatoms. The lowest BCUT2D eigenvalue weighted by atomic mass is 10.00. The smallest absolute Gasteiger partial charge is 0.326 e. The van der Waals surface area contributed by atoms with E-state index < -0.39 is 22.7 Å². The van der Waals surface area contributed by atoms with Gasteiger partial charge >= 0.3 is 6.18 Å². The van der Waals surface area contributed by atoms with Gasteiger partial charge in [0, 0.05) is 24.8 Å². The van der Waals surface area contributed by atoms with Gasteiger partial charge in [-0.1, -0.05) is 6.42 Å². The predicted octanol–water partition coefficient (Wildman–Crippen LogP) is 1.34. The summed E-state index contributed by atoms with van der Waals surface area (Å²) in [6.45, 7) is 0.726. The summed E-state index contributed by atoms with van der Waals surface area (Å²) < 4.78 is 64.1. The molecule has 0 radical (unpaired) electrons. The number of hydrogen-bond acceptors (Lipinski definition) is 4. The third-order valence-corrected chi connectivity index (χ3v) is 5.54. The van der Waals surface area contributed by atoms with Gasteiger partial charge in [-0.2, -0.15) is 22.6 Å². The third-order valence-electron chi connectivity index (χ3n) is 3.66. The summed E-state index contributed by atoms with van der Waals surface area (Å²) in [4.78, 5) is -0.232. The van der Waals surface area contributed by atoms with E-state index in [0.717, 1.165) is 18.8 Å². The maximum atomic E-state index is 12.6. The van der Waals surface area contributed by atoms with E-state index >= 15 is 0 Å². The van der Waals surface area contributed by atoms with E-state index in [4.69, 9.17) is 5.73 Å². The molecule has 2 atom stereocenters. The van der Waals surface area contributed by atoms with Gasteiger partial charge in [0.1, 0.15) is 11.4 Å². The summed E-state index contributed by atoms with van der Waals surface area (Å²) in [5, 5.41) is 3.49. The number of hydrogen-bond donors (Lipinski definition) is 1. The van der Waals surface area contributed by atoms with Crippen LogP contribution in [-0.4, -0.2) is 47.3 Å². The van der Waals surface area contributed by atoms with E-state index in [1.165, 1.54) is 4.31 Å². The van der Waals surface area contributed by atoms with E-state index in [9.17, 15) is 21.6 Å². The van der Waals surface area contributed by atoms with E-state index in [1.54, 1.807) is 6.92 Å². The monoisotopic (exact) mass is 340 g/mol. The lowest BCUT2D eigenvalue weighted by molar-refractivity contribution is -0.142. The highest BCUT2D eigenvalue weighted by Crippen LogP contribution is 2.27. The highest BCUT2D eigenvalue weighted by molar-refractivity contribution is 7.89. The average Bonchev–Trinajstić information content (AvgIpc) is 2.85. The molecular weight excluding hydrogens is 321 g/mol. The van der Waals surface area contributed by atoms with Crippen molar-refractivity contribution in [2.24, 2.45) is 5.73 Å². The first-order valence-electron chi connectivity index (χ1n) is 6.98. The van der Waals surface area contributed by atoms with Gasteiger partial charge in [-0.15, -0.1) is 0 Å². The minimum absolute atomic E-state index is 0.232. The Morgan fingerprint density at radius 2 is 2.14 bits per heavy atom. The molecule has 126 valence electrons. The molecule has 2 heterocycles. The largest absolute Gasteiger partial charge is 0.408 e. The molecule has 22 heavy (non-hydrogen) atoms. The number of halogens is 3. The molecular formula is C12H19F3N4O2S. The Balaban J connectivity index is 2.26. The van der Waals surface area contributed by atoms with Gasteiger partial charge < -0.3 is 5.73 Å². The van der Waals surface area contributed by atoms with Crippen molar-refractivity contribution in [1.29, 1.82) is 0 Å². The molecule has 0 saturated carbocycles. The second kappa shape index (κ2) is 6.17. The van der Waals surface area contributed by atoms with Crippen LogP contribution in [0.2, 0.25) is 0 Å². The second-order valence-corrected chi connectivity index (χ2v) is 7.42. The third kappa shape index (κ3) is 3.79. The zero-order valence-electron chi connectivity index (χ0n) is 12.1. The number of alkyl halides is 3. The molecule has 1 aromatic heterocycles. The van der Waals surface area contributed by atoms with Gasteiger partial charge in [0.05, 0.1) is 6.20 Å². The standard InChI is InChI=1S/C12H19F3N4O2S/c1-9(16)11-4-2-3-5-19(11)22(20,21)10-6-17-18(7-10)8-12(13,14)15/h6-7,9,11H,2-5,8,16H2,1H3. The number of sulfonamides is 1. The molecule has 2 rings (SSSR count). The Labute approximate surface area is 127 Å². The van der Waals surface area contributed by atoms with E-state index in [1.807, 2.05) is 0 Å². The van der Waals surface area contributed by atoms with Crippen molar-refractivity contribution in [1.82, 2.24) is 14.1 Å². The summed E-state index contributed by atoms with van der Waals surface area (Å²) in [6.07, 6.45) is -0.353. The molecule has 2 N–H and O–H groups in total. The first kappa shape index (κ1) is 17.2. The second-order valence-electron chi connectivity index (χ2n) is 5.53. The fourth-order valence-corrected chi connectivity index (χ4v) is 4.37. The molecule has 0 amide bonds. The minimum Gasteiger partial charge on any atom is -0.326 e. The van der Waals surface area contributed by atoms with Crippen molar-refractivity contribution < 1.29 is 21.6 Å². The first-order valence-corrected chi connectivity index (χ1v) is 8.42. The van der Waals surface area contributed by atoms with Crippen molar-refractivity contribution >= 4 is 10.0 Å². The molecule has 0 aliphatic carbocycles. The maximum absolute atomic E-state index is 12.6. The number of rotatable bonds is 4. The Morgan fingerprint density at radius 3 is 2.73 bits per heavy atom. The SMILES string of the molecule is CC(N)C1CCCCN1S(=O)(=O)c1cnn(CC(F)(F)F)c1. The minimum atomic E-state index is -4.45. The summed E-state index contributed by atoms with van der Waals surface area (Å²) in [7, 11) is -3.89. The number of nitrogens with zero attached hydrogens (tertiary/aromatic N) is 3.